The molecule has 68 valence electrons. The van der Waals surface area contributed by atoms with Gasteiger partial charge in [-0.05, 0) is 24.1 Å². The van der Waals surface area contributed by atoms with Crippen LogP contribution < -0.4 is 0 Å². The van der Waals surface area contributed by atoms with Crippen molar-refractivity contribution in [3.8, 4) is 6.07 Å². The van der Waals surface area contributed by atoms with Gasteiger partial charge in [-0.15, -0.1) is 0 Å². The molecule has 2 heteroatoms. The Morgan fingerprint density at radius 1 is 1.54 bits per heavy atom. The molecule has 0 radical (unpaired) electrons. The number of benzene rings is 1. The van der Waals surface area contributed by atoms with E-state index in [2.05, 4.69) is 28.9 Å². The number of nitrogens with zero attached hydrogens (tertiary/aromatic N) is 1. The zero-order valence-corrected chi connectivity index (χ0v) is 9.21. The van der Waals surface area contributed by atoms with Crippen LogP contribution >= 0.6 is 15.9 Å². The van der Waals surface area contributed by atoms with Crippen LogP contribution in [0.4, 0.5) is 0 Å². The second-order valence-electron chi connectivity index (χ2n) is 3.03. The number of rotatable bonds is 3. The normalized spacial score (nSPS) is 12.1. The van der Waals surface area contributed by atoms with E-state index in [1.165, 1.54) is 0 Å². The number of halogens is 1. The maximum atomic E-state index is 8.94. The van der Waals surface area contributed by atoms with E-state index >= 15 is 0 Å². The molecule has 1 aromatic rings. The Bertz CT molecular complexity index is 314. The lowest BCUT2D eigenvalue weighted by atomic mass is 9.96. The minimum atomic E-state index is 0.0440. The lowest BCUT2D eigenvalue weighted by Crippen LogP contribution is -1.94. The summed E-state index contributed by atoms with van der Waals surface area (Å²) in [6.07, 6.45) is 1.98. The Balaban J connectivity index is 2.86. The fourth-order valence-electron chi connectivity index (χ4n) is 1.32. The molecule has 0 saturated heterocycles. The summed E-state index contributed by atoms with van der Waals surface area (Å²) in [5.41, 5.74) is 1.11. The zero-order chi connectivity index (χ0) is 9.68. The number of hydrogen-bond acceptors (Lipinski definition) is 1. The lowest BCUT2D eigenvalue weighted by Gasteiger charge is -2.07. The topological polar surface area (TPSA) is 23.8 Å². The minimum Gasteiger partial charge on any atom is -0.198 e. The van der Waals surface area contributed by atoms with Crippen LogP contribution in [0.15, 0.2) is 28.7 Å². The van der Waals surface area contributed by atoms with Crippen molar-refractivity contribution in [2.75, 3.05) is 0 Å². The summed E-state index contributed by atoms with van der Waals surface area (Å²) >= 11 is 3.40. The number of hydrogen-bond donors (Lipinski definition) is 0. The Morgan fingerprint density at radius 2 is 2.31 bits per heavy atom. The van der Waals surface area contributed by atoms with Gasteiger partial charge in [0.05, 0.1) is 12.0 Å². The van der Waals surface area contributed by atoms with E-state index in [0.717, 1.165) is 22.9 Å². The van der Waals surface area contributed by atoms with Crippen LogP contribution in [-0.4, -0.2) is 0 Å². The van der Waals surface area contributed by atoms with Crippen LogP contribution in [0.5, 0.6) is 0 Å². The van der Waals surface area contributed by atoms with Gasteiger partial charge in [0.2, 0.25) is 0 Å². The molecule has 0 aromatic heterocycles. The van der Waals surface area contributed by atoms with Gasteiger partial charge >= 0.3 is 0 Å². The van der Waals surface area contributed by atoms with Crippen molar-refractivity contribution in [2.45, 2.75) is 25.7 Å². The number of nitriles is 1. The molecular weight excluding hydrogens is 226 g/mol. The highest BCUT2D eigenvalue weighted by Gasteiger charge is 2.08. The summed E-state index contributed by atoms with van der Waals surface area (Å²) < 4.78 is 1.04. The van der Waals surface area contributed by atoms with Crippen molar-refractivity contribution >= 4 is 15.9 Å². The fraction of sp³-hybridized carbons (Fsp3) is 0.364. The molecule has 0 heterocycles. The van der Waals surface area contributed by atoms with Gasteiger partial charge in [0.25, 0.3) is 0 Å². The molecule has 0 aliphatic heterocycles. The third-order valence-electron chi connectivity index (χ3n) is 1.98. The highest BCUT2D eigenvalue weighted by molar-refractivity contribution is 9.10. The molecule has 1 aromatic carbocycles. The van der Waals surface area contributed by atoms with Crippen LogP contribution in [0, 0.1) is 11.3 Å². The Kier molecular flexibility index (Phi) is 3.98. The highest BCUT2D eigenvalue weighted by Crippen LogP contribution is 2.23. The van der Waals surface area contributed by atoms with Gasteiger partial charge in [-0.2, -0.15) is 5.26 Å². The summed E-state index contributed by atoms with van der Waals surface area (Å²) in [6.45, 7) is 2.10. The molecule has 0 bridgehead atoms. The monoisotopic (exact) mass is 237 g/mol. The third-order valence-corrected chi connectivity index (χ3v) is 2.48. The predicted octanol–water partition coefficient (Wildman–Crippen LogP) is 3.86. The maximum absolute atomic E-state index is 8.94. The maximum Gasteiger partial charge on any atom is 0.0713 e. The third kappa shape index (κ3) is 2.86. The van der Waals surface area contributed by atoms with E-state index in [0.29, 0.717) is 0 Å². The van der Waals surface area contributed by atoms with Gasteiger partial charge in [0, 0.05) is 4.47 Å². The minimum absolute atomic E-state index is 0.0440. The van der Waals surface area contributed by atoms with E-state index in [1.54, 1.807) is 0 Å². The molecule has 1 nitrogen and oxygen atoms in total. The average Bonchev–Trinajstić information content (AvgIpc) is 2.14. The SMILES string of the molecule is CCCC(C#N)c1cccc(Br)c1. The molecule has 0 aliphatic carbocycles. The van der Waals surface area contributed by atoms with E-state index in [-0.39, 0.29) is 5.92 Å². The van der Waals surface area contributed by atoms with Crippen molar-refractivity contribution in [2.24, 2.45) is 0 Å². The molecule has 0 aliphatic rings. The molecule has 13 heavy (non-hydrogen) atoms. The first-order valence-electron chi connectivity index (χ1n) is 4.43. The Labute approximate surface area is 87.5 Å². The average molecular weight is 238 g/mol. The molecule has 0 saturated carbocycles. The largest absolute Gasteiger partial charge is 0.198 e. The van der Waals surface area contributed by atoms with Crippen LogP contribution in [0.1, 0.15) is 31.2 Å². The highest BCUT2D eigenvalue weighted by atomic mass is 79.9. The van der Waals surface area contributed by atoms with Crippen molar-refractivity contribution in [1.82, 2.24) is 0 Å². The zero-order valence-electron chi connectivity index (χ0n) is 7.63. The summed E-state index contributed by atoms with van der Waals surface area (Å²) in [6, 6.07) is 10.3. The second kappa shape index (κ2) is 5.04. The Morgan fingerprint density at radius 3 is 2.85 bits per heavy atom. The molecule has 0 spiro atoms. The van der Waals surface area contributed by atoms with Gasteiger partial charge in [-0.3, -0.25) is 0 Å². The standard InChI is InChI=1S/C11H12BrN/c1-2-4-10(8-13)9-5-3-6-11(12)7-9/h3,5-7,10H,2,4H2,1H3. The molecule has 1 atom stereocenters. The van der Waals surface area contributed by atoms with Gasteiger partial charge in [-0.25, -0.2) is 0 Å². The molecule has 1 rings (SSSR count). The summed E-state index contributed by atoms with van der Waals surface area (Å²) in [5.74, 6) is 0.0440. The van der Waals surface area contributed by atoms with Crippen molar-refractivity contribution in [1.29, 1.82) is 5.26 Å². The lowest BCUT2D eigenvalue weighted by molar-refractivity contribution is 0.727. The van der Waals surface area contributed by atoms with Crippen molar-refractivity contribution < 1.29 is 0 Å². The van der Waals surface area contributed by atoms with Crippen LogP contribution in [0.25, 0.3) is 0 Å². The van der Waals surface area contributed by atoms with Gasteiger partial charge in [0.1, 0.15) is 0 Å². The van der Waals surface area contributed by atoms with Crippen molar-refractivity contribution in [3.63, 3.8) is 0 Å². The predicted molar refractivity (Wildman–Crippen MR) is 57.4 cm³/mol. The van der Waals surface area contributed by atoms with Crippen LogP contribution in [0.2, 0.25) is 0 Å². The summed E-state index contributed by atoms with van der Waals surface area (Å²) in [5, 5.41) is 8.94. The second-order valence-corrected chi connectivity index (χ2v) is 3.94. The van der Waals surface area contributed by atoms with Gasteiger partial charge in [-0.1, -0.05) is 41.4 Å². The van der Waals surface area contributed by atoms with Crippen LogP contribution in [-0.2, 0) is 0 Å². The molecule has 0 N–H and O–H groups in total. The van der Waals surface area contributed by atoms with E-state index in [9.17, 15) is 0 Å². The van der Waals surface area contributed by atoms with Crippen LogP contribution in [0.3, 0.4) is 0 Å². The van der Waals surface area contributed by atoms with Crippen molar-refractivity contribution in [3.05, 3.63) is 34.3 Å². The molecule has 0 amide bonds. The molecular formula is C11H12BrN. The summed E-state index contributed by atoms with van der Waals surface area (Å²) in [4.78, 5) is 0. The Hall–Kier alpha value is -0.810. The first kappa shape index (κ1) is 10.3. The first-order valence-corrected chi connectivity index (χ1v) is 5.22. The molecule has 0 fully saturated rings. The quantitative estimate of drug-likeness (QED) is 0.784. The van der Waals surface area contributed by atoms with Gasteiger partial charge in [0.15, 0.2) is 0 Å². The van der Waals surface area contributed by atoms with E-state index in [1.807, 2.05) is 24.3 Å². The van der Waals surface area contributed by atoms with E-state index in [4.69, 9.17) is 5.26 Å². The fourth-order valence-corrected chi connectivity index (χ4v) is 1.73. The first-order chi connectivity index (χ1) is 6.27. The smallest absolute Gasteiger partial charge is 0.0713 e. The summed E-state index contributed by atoms with van der Waals surface area (Å²) in [7, 11) is 0. The van der Waals surface area contributed by atoms with E-state index < -0.39 is 0 Å². The van der Waals surface area contributed by atoms with Gasteiger partial charge < -0.3 is 0 Å². The molecule has 1 unspecified atom stereocenters.